The Bertz CT molecular complexity index is 2020. The highest BCUT2D eigenvalue weighted by Gasteiger charge is 2.31. The minimum Gasteiger partial charge on any atom is -0.490 e. The van der Waals surface area contributed by atoms with Gasteiger partial charge in [-0.15, -0.1) is 0 Å². The van der Waals surface area contributed by atoms with Gasteiger partial charge in [0.2, 0.25) is 6.79 Å². The number of aromatic nitrogens is 1. The molecule has 0 radical (unpaired) electrons. The summed E-state index contributed by atoms with van der Waals surface area (Å²) >= 11 is 7.10. The van der Waals surface area contributed by atoms with Crippen molar-refractivity contribution in [1.82, 2.24) is 4.57 Å². The summed E-state index contributed by atoms with van der Waals surface area (Å²) in [5.41, 5.74) is 2.34. The lowest BCUT2D eigenvalue weighted by Crippen LogP contribution is -2.39. The third-order valence-electron chi connectivity index (χ3n) is 7.15. The maximum atomic E-state index is 14.0. The van der Waals surface area contributed by atoms with E-state index in [9.17, 15) is 9.59 Å². The van der Waals surface area contributed by atoms with E-state index in [4.69, 9.17) is 28.4 Å². The van der Waals surface area contributed by atoms with E-state index < -0.39 is 12.0 Å². The van der Waals surface area contributed by atoms with E-state index in [-0.39, 0.29) is 17.9 Å². The third-order valence-corrected chi connectivity index (χ3v) is 9.53. The van der Waals surface area contributed by atoms with Crippen LogP contribution >= 0.6 is 49.9 Å². The number of methoxy groups -OCH3 is 1. The largest absolute Gasteiger partial charge is 0.490 e. The van der Waals surface area contributed by atoms with Crippen molar-refractivity contribution in [2.45, 2.75) is 26.5 Å². The van der Waals surface area contributed by atoms with Crippen LogP contribution in [0.25, 0.3) is 6.08 Å². The lowest BCUT2D eigenvalue weighted by Gasteiger charge is -2.23. The highest BCUT2D eigenvalue weighted by molar-refractivity contribution is 14.1. The van der Waals surface area contributed by atoms with Crippen molar-refractivity contribution in [1.29, 1.82) is 0 Å². The predicted octanol–water partition coefficient (Wildman–Crippen LogP) is 5.49. The van der Waals surface area contributed by atoms with Gasteiger partial charge in [0.15, 0.2) is 27.8 Å². The number of esters is 1. The summed E-state index contributed by atoms with van der Waals surface area (Å²) in [6.07, 6.45) is 3.27. The molecule has 0 saturated carbocycles. The summed E-state index contributed by atoms with van der Waals surface area (Å²) < 4.78 is 37.2. The second-order valence-electron chi connectivity index (χ2n) is 10.0. The molecular weight excluding hydrogens is 791 g/mol. The smallest absolute Gasteiger partial charge is 0.337 e. The molecule has 1 aromatic heterocycles. The molecule has 3 heterocycles. The van der Waals surface area contributed by atoms with Gasteiger partial charge in [0.1, 0.15) is 12.4 Å². The number of benzene rings is 3. The van der Waals surface area contributed by atoms with E-state index in [1.54, 1.807) is 18.2 Å². The molecule has 0 spiro atoms. The molecule has 10 nitrogen and oxygen atoms in total. The van der Waals surface area contributed by atoms with Gasteiger partial charge in [-0.25, -0.2) is 9.79 Å². The summed E-state index contributed by atoms with van der Waals surface area (Å²) in [6, 6.07) is 14.2. The van der Waals surface area contributed by atoms with Crippen LogP contribution in [0.2, 0.25) is 0 Å². The molecule has 0 unspecified atom stereocenters. The van der Waals surface area contributed by atoms with Crippen LogP contribution in [0.4, 0.5) is 0 Å². The van der Waals surface area contributed by atoms with Crippen molar-refractivity contribution in [3.63, 3.8) is 0 Å². The number of nitrogens with zero attached hydrogens (tertiary/aromatic N) is 2. The number of rotatable bonds is 10. The average Bonchev–Trinajstić information content (AvgIpc) is 3.64. The molecule has 0 bridgehead atoms. The number of hydrogen-bond donors (Lipinski definition) is 0. The first kappa shape index (κ1) is 32.1. The Labute approximate surface area is 290 Å². The Morgan fingerprint density at radius 2 is 1.85 bits per heavy atom. The first-order valence-electron chi connectivity index (χ1n) is 14.3. The van der Waals surface area contributed by atoms with E-state index >= 15 is 0 Å². The van der Waals surface area contributed by atoms with Crippen molar-refractivity contribution in [3.05, 3.63) is 105 Å². The maximum Gasteiger partial charge on any atom is 0.337 e. The fourth-order valence-corrected chi connectivity index (χ4v) is 7.86. The molecule has 238 valence electrons. The van der Waals surface area contributed by atoms with E-state index in [1.165, 1.54) is 29.2 Å². The normalized spacial score (nSPS) is 15.1. The first-order valence-corrected chi connectivity index (χ1v) is 17.0. The zero-order chi connectivity index (χ0) is 32.4. The van der Waals surface area contributed by atoms with Crippen molar-refractivity contribution >= 4 is 61.9 Å². The van der Waals surface area contributed by atoms with E-state index in [2.05, 4.69) is 43.5 Å². The zero-order valence-electron chi connectivity index (χ0n) is 25.0. The van der Waals surface area contributed by atoms with Crippen LogP contribution in [0.1, 0.15) is 36.6 Å². The van der Waals surface area contributed by atoms with Gasteiger partial charge in [-0.1, -0.05) is 23.5 Å². The molecule has 2 aliphatic heterocycles. The molecule has 0 fully saturated rings. The minimum atomic E-state index is -0.778. The fourth-order valence-electron chi connectivity index (χ4n) is 5.13. The third kappa shape index (κ3) is 6.40. The minimum absolute atomic E-state index is 0.214. The Morgan fingerprint density at radius 1 is 1.07 bits per heavy atom. The SMILES string of the molecule is CCOc1ccc([C@H]2C(C(=O)OC)=CN=c3s/c(=C\c4cc(Br)c(OCc5ccc6c(c5)OCO6)c(I)c4)c(=O)n32)cc1OCC. The standard InChI is InChI=1S/C33H28BrIN2O8S/c1-4-41-24-9-7-20(14-27(24)42-5-2)29-21(32(39)40-3)15-36-33-37(29)31(38)28(46-33)13-19-10-22(34)30(23(35)11-19)43-16-18-6-8-25-26(12-18)45-17-44-25/h6-15,29H,4-5,16-17H2,1-3H3/b28-13-/t29-/m0/s1. The predicted molar refractivity (Wildman–Crippen MR) is 184 cm³/mol. The molecular formula is C33H28BrIN2O8S. The first-order chi connectivity index (χ1) is 22.3. The number of ether oxygens (including phenoxy) is 6. The second kappa shape index (κ2) is 13.9. The molecule has 2 aliphatic rings. The van der Waals surface area contributed by atoms with Gasteiger partial charge in [-0.3, -0.25) is 9.36 Å². The summed E-state index contributed by atoms with van der Waals surface area (Å²) in [4.78, 5) is 31.8. The number of carbonyl (C=O) groups excluding carboxylic acids is 1. The van der Waals surface area contributed by atoms with Crippen LogP contribution in [0.5, 0.6) is 28.7 Å². The van der Waals surface area contributed by atoms with Crippen molar-refractivity contribution in [3.8, 4) is 28.7 Å². The molecule has 1 atom stereocenters. The number of fused-ring (bicyclic) bond motifs is 2. The highest BCUT2D eigenvalue weighted by Crippen LogP contribution is 2.37. The van der Waals surface area contributed by atoms with Crippen LogP contribution in [-0.2, 0) is 16.1 Å². The topological polar surface area (TPSA) is 107 Å². The van der Waals surface area contributed by atoms with Crippen LogP contribution in [0.15, 0.2) is 74.6 Å². The molecule has 0 aliphatic carbocycles. The second-order valence-corrected chi connectivity index (χ2v) is 13.1. The lowest BCUT2D eigenvalue weighted by atomic mass is 9.97. The van der Waals surface area contributed by atoms with E-state index in [0.717, 1.165) is 24.9 Å². The van der Waals surface area contributed by atoms with Gasteiger partial charge < -0.3 is 28.4 Å². The maximum absolute atomic E-state index is 14.0. The molecule has 0 saturated heterocycles. The molecule has 0 amide bonds. The summed E-state index contributed by atoms with van der Waals surface area (Å²) in [7, 11) is 1.30. The number of thiazole rings is 1. The number of hydrogen-bond acceptors (Lipinski definition) is 10. The van der Waals surface area contributed by atoms with E-state index in [0.29, 0.717) is 57.7 Å². The van der Waals surface area contributed by atoms with Crippen LogP contribution in [-0.4, -0.2) is 37.7 Å². The van der Waals surface area contributed by atoms with Crippen LogP contribution in [0, 0.1) is 3.57 Å². The van der Waals surface area contributed by atoms with Gasteiger partial charge in [0.05, 0.1) is 44.5 Å². The van der Waals surface area contributed by atoms with Gasteiger partial charge in [-0.05, 0) is 112 Å². The molecule has 3 aromatic carbocycles. The highest BCUT2D eigenvalue weighted by atomic mass is 127. The molecule has 4 aromatic rings. The Balaban J connectivity index is 1.34. The Hall–Kier alpha value is -3.82. The summed E-state index contributed by atoms with van der Waals surface area (Å²) in [5, 5.41) is 0. The number of carbonyl (C=O) groups is 1. The Kier molecular flexibility index (Phi) is 9.70. The molecule has 46 heavy (non-hydrogen) atoms. The average molecular weight is 819 g/mol. The molecule has 0 N–H and O–H groups in total. The fraction of sp³-hybridized carbons (Fsp3) is 0.242. The van der Waals surface area contributed by atoms with Gasteiger partial charge in [-0.2, -0.15) is 0 Å². The Morgan fingerprint density at radius 3 is 2.61 bits per heavy atom. The zero-order valence-corrected chi connectivity index (χ0v) is 29.6. The monoisotopic (exact) mass is 818 g/mol. The van der Waals surface area contributed by atoms with Crippen LogP contribution in [0.3, 0.4) is 0 Å². The summed E-state index contributed by atoms with van der Waals surface area (Å²) in [6.45, 7) is 5.20. The molecule has 13 heteroatoms. The van der Waals surface area contributed by atoms with Gasteiger partial charge >= 0.3 is 5.97 Å². The van der Waals surface area contributed by atoms with E-state index in [1.807, 2.05) is 50.2 Å². The van der Waals surface area contributed by atoms with Crippen molar-refractivity contribution < 1.29 is 33.2 Å². The van der Waals surface area contributed by atoms with Crippen molar-refractivity contribution in [2.24, 2.45) is 4.99 Å². The van der Waals surface area contributed by atoms with Crippen LogP contribution < -0.4 is 38.6 Å². The lowest BCUT2D eigenvalue weighted by molar-refractivity contribution is -0.136. The van der Waals surface area contributed by atoms with Crippen molar-refractivity contribution in [2.75, 3.05) is 27.1 Å². The van der Waals surface area contributed by atoms with Gasteiger partial charge in [0.25, 0.3) is 5.56 Å². The summed E-state index contributed by atoms with van der Waals surface area (Å²) in [5.74, 6) is 2.62. The quantitative estimate of drug-likeness (QED) is 0.153. The van der Waals surface area contributed by atoms with Gasteiger partial charge in [0, 0.05) is 6.20 Å². The molecule has 6 rings (SSSR count). The number of halogens is 2.